The van der Waals surface area contributed by atoms with Crippen LogP contribution in [0.4, 0.5) is 10.1 Å². The van der Waals surface area contributed by atoms with Crippen LogP contribution >= 0.6 is 23.2 Å². The quantitative estimate of drug-likeness (QED) is 0.317. The summed E-state index contributed by atoms with van der Waals surface area (Å²) in [7, 11) is 0. The van der Waals surface area contributed by atoms with Crippen LogP contribution in [0.5, 0.6) is 0 Å². The van der Waals surface area contributed by atoms with E-state index in [-0.39, 0.29) is 30.8 Å². The molecule has 2 aliphatic carbocycles. The number of ether oxygens (including phenoxy) is 1. The molecule has 0 unspecified atom stereocenters. The molecule has 3 fully saturated rings. The minimum atomic E-state index is -0.927. The summed E-state index contributed by atoms with van der Waals surface area (Å²) in [6.45, 7) is 1.18. The molecule has 0 spiro atoms. The Morgan fingerprint density at radius 2 is 1.97 bits per heavy atom. The van der Waals surface area contributed by atoms with Crippen LogP contribution in [0.15, 0.2) is 40.9 Å². The number of nitrogens with zero attached hydrogens (tertiary/aromatic N) is 2. The van der Waals surface area contributed by atoms with Crippen molar-refractivity contribution in [2.45, 2.75) is 63.2 Å². The van der Waals surface area contributed by atoms with Crippen molar-refractivity contribution >= 4 is 34.9 Å². The monoisotopic (exact) mass is 544 g/mol. The van der Waals surface area contributed by atoms with Gasteiger partial charge >= 0.3 is 5.97 Å². The Kier molecular flexibility index (Phi) is 6.63. The van der Waals surface area contributed by atoms with Gasteiger partial charge in [-0.15, -0.1) is 0 Å². The Balaban J connectivity index is 1.14. The van der Waals surface area contributed by atoms with E-state index in [0.29, 0.717) is 45.3 Å². The van der Waals surface area contributed by atoms with Crippen molar-refractivity contribution in [3.05, 3.63) is 69.1 Å². The third-order valence-corrected chi connectivity index (χ3v) is 8.49. The highest BCUT2D eigenvalue weighted by Gasteiger charge is 2.46. The second kappa shape index (κ2) is 9.93. The average molecular weight is 545 g/mol. The summed E-state index contributed by atoms with van der Waals surface area (Å²) in [5.41, 5.74) is 3.53. The number of carboxylic acids is 1. The number of rotatable bonds is 9. The molecule has 37 heavy (non-hydrogen) atoms. The van der Waals surface area contributed by atoms with Crippen molar-refractivity contribution < 1.29 is 23.6 Å². The first-order chi connectivity index (χ1) is 17.9. The van der Waals surface area contributed by atoms with E-state index >= 15 is 0 Å². The van der Waals surface area contributed by atoms with Crippen LogP contribution < -0.4 is 4.90 Å². The molecule has 2 aromatic carbocycles. The fraction of sp³-hybridized carbons (Fsp3) is 0.429. The SMILES string of the molecule is O=C(O)CCc1ccc(N2C[C@@H]3C[C@H]2C[C@H]3OCc2c(-c3c(Cl)cccc3Cl)noc2C2CC2)cc1F. The minimum absolute atomic E-state index is 0.0806. The molecule has 6 rings (SSSR count). The second-order valence-corrected chi connectivity index (χ2v) is 11.1. The van der Waals surface area contributed by atoms with Gasteiger partial charge in [0.25, 0.3) is 0 Å². The Morgan fingerprint density at radius 3 is 2.62 bits per heavy atom. The van der Waals surface area contributed by atoms with Crippen molar-refractivity contribution in [2.24, 2.45) is 5.92 Å². The van der Waals surface area contributed by atoms with Gasteiger partial charge in [-0.1, -0.05) is 40.5 Å². The predicted octanol–water partition coefficient (Wildman–Crippen LogP) is 6.87. The molecule has 3 atom stereocenters. The first-order valence-corrected chi connectivity index (χ1v) is 13.5. The van der Waals surface area contributed by atoms with Gasteiger partial charge < -0.3 is 19.3 Å². The zero-order valence-corrected chi connectivity index (χ0v) is 21.6. The maximum atomic E-state index is 14.6. The van der Waals surface area contributed by atoms with Gasteiger partial charge in [0.1, 0.15) is 17.3 Å². The smallest absolute Gasteiger partial charge is 0.303 e. The predicted molar refractivity (Wildman–Crippen MR) is 139 cm³/mol. The van der Waals surface area contributed by atoms with Crippen LogP contribution in [0.2, 0.25) is 10.0 Å². The zero-order chi connectivity index (χ0) is 25.7. The maximum absolute atomic E-state index is 14.6. The van der Waals surface area contributed by atoms with Gasteiger partial charge in [0.05, 0.1) is 22.8 Å². The number of carbonyl (C=O) groups is 1. The van der Waals surface area contributed by atoms with Crippen LogP contribution in [-0.4, -0.2) is 34.9 Å². The van der Waals surface area contributed by atoms with Gasteiger partial charge in [-0.05, 0) is 61.9 Å². The molecule has 1 aliphatic heterocycles. The number of aliphatic carboxylic acids is 1. The summed E-state index contributed by atoms with van der Waals surface area (Å²) < 4.78 is 26.9. The summed E-state index contributed by atoms with van der Waals surface area (Å²) in [5, 5.41) is 14.3. The normalized spacial score (nSPS) is 22.7. The number of fused-ring (bicyclic) bond motifs is 2. The number of hydrogen-bond donors (Lipinski definition) is 1. The number of aryl methyl sites for hydroxylation is 1. The first kappa shape index (κ1) is 24.7. The highest BCUT2D eigenvalue weighted by molar-refractivity contribution is 6.39. The first-order valence-electron chi connectivity index (χ1n) is 12.7. The summed E-state index contributed by atoms with van der Waals surface area (Å²) in [4.78, 5) is 13.1. The molecule has 2 saturated carbocycles. The third kappa shape index (κ3) is 4.85. The molecule has 3 aliphatic rings. The molecular weight excluding hydrogens is 518 g/mol. The molecule has 194 valence electrons. The van der Waals surface area contributed by atoms with Gasteiger partial charge in [0.2, 0.25) is 0 Å². The van der Waals surface area contributed by atoms with E-state index in [1.807, 2.05) is 12.1 Å². The van der Waals surface area contributed by atoms with Gasteiger partial charge in [-0.2, -0.15) is 0 Å². The fourth-order valence-electron chi connectivity index (χ4n) is 5.82. The van der Waals surface area contributed by atoms with Crippen LogP contribution in [0.3, 0.4) is 0 Å². The van der Waals surface area contributed by atoms with Gasteiger partial charge in [0.15, 0.2) is 0 Å². The Hall–Kier alpha value is -2.61. The van der Waals surface area contributed by atoms with Gasteiger partial charge in [-0.3, -0.25) is 4.79 Å². The number of carboxylic acid groups (broad SMARTS) is 1. The molecule has 0 radical (unpaired) electrons. The second-order valence-electron chi connectivity index (χ2n) is 10.3. The lowest BCUT2D eigenvalue weighted by Gasteiger charge is -2.33. The van der Waals surface area contributed by atoms with Crippen molar-refractivity contribution in [1.29, 1.82) is 0 Å². The summed E-state index contributed by atoms with van der Waals surface area (Å²) in [6.07, 6.45) is 4.21. The third-order valence-electron chi connectivity index (χ3n) is 7.86. The number of hydrogen-bond acceptors (Lipinski definition) is 5. The van der Waals surface area contributed by atoms with E-state index in [2.05, 4.69) is 10.1 Å². The molecule has 0 amide bonds. The maximum Gasteiger partial charge on any atom is 0.303 e. The van der Waals surface area contributed by atoms with E-state index in [1.165, 1.54) is 6.07 Å². The topological polar surface area (TPSA) is 75.8 Å². The average Bonchev–Trinajstić information content (AvgIpc) is 3.32. The lowest BCUT2D eigenvalue weighted by molar-refractivity contribution is -0.136. The summed E-state index contributed by atoms with van der Waals surface area (Å²) >= 11 is 13.0. The lowest BCUT2D eigenvalue weighted by atomic mass is 10.0. The molecule has 2 heterocycles. The molecule has 1 N–H and O–H groups in total. The molecule has 2 bridgehead atoms. The minimum Gasteiger partial charge on any atom is -0.481 e. The van der Waals surface area contributed by atoms with Crippen LogP contribution in [0.25, 0.3) is 11.3 Å². The van der Waals surface area contributed by atoms with Crippen molar-refractivity contribution in [2.75, 3.05) is 11.4 Å². The summed E-state index contributed by atoms with van der Waals surface area (Å²) in [6, 6.07) is 10.8. The van der Waals surface area contributed by atoms with Crippen LogP contribution in [0.1, 0.15) is 54.9 Å². The summed E-state index contributed by atoms with van der Waals surface area (Å²) in [5.74, 6) is 0.305. The molecule has 1 aromatic heterocycles. The van der Waals surface area contributed by atoms with E-state index in [0.717, 1.165) is 49.2 Å². The van der Waals surface area contributed by atoms with E-state index in [4.69, 9.17) is 37.6 Å². The zero-order valence-electron chi connectivity index (χ0n) is 20.1. The number of anilines is 1. The Morgan fingerprint density at radius 1 is 1.19 bits per heavy atom. The van der Waals surface area contributed by atoms with Gasteiger partial charge in [0, 0.05) is 47.7 Å². The van der Waals surface area contributed by atoms with Crippen LogP contribution in [0, 0.1) is 11.7 Å². The van der Waals surface area contributed by atoms with Crippen molar-refractivity contribution in [3.63, 3.8) is 0 Å². The standard InChI is InChI=1S/C28H27Cl2FN2O4/c29-21-2-1-3-22(30)26(21)27-20(28(37-32-27)16-4-5-16)14-36-24-12-19-10-17(24)13-33(19)18-8-6-15(23(31)11-18)7-9-25(34)35/h1-3,6,8,11,16-17,19,24H,4-5,7,9-10,12-14H2,(H,34,35)/t17-,19-,24+/m0/s1. The van der Waals surface area contributed by atoms with E-state index < -0.39 is 5.97 Å². The number of halogens is 3. The highest BCUT2D eigenvalue weighted by atomic mass is 35.5. The Bertz CT molecular complexity index is 1320. The number of aromatic nitrogens is 1. The van der Waals surface area contributed by atoms with E-state index in [9.17, 15) is 9.18 Å². The largest absolute Gasteiger partial charge is 0.481 e. The molecule has 3 aromatic rings. The number of piperidine rings is 1. The Labute approximate surface area is 224 Å². The van der Waals surface area contributed by atoms with E-state index in [1.54, 1.807) is 18.2 Å². The lowest BCUT2D eigenvalue weighted by Crippen LogP contribution is -2.38. The molecule has 6 nitrogen and oxygen atoms in total. The van der Waals surface area contributed by atoms with Crippen molar-refractivity contribution in [1.82, 2.24) is 5.16 Å². The molecular formula is C28H27Cl2FN2O4. The van der Waals surface area contributed by atoms with Gasteiger partial charge in [-0.25, -0.2) is 4.39 Å². The molecule has 1 saturated heterocycles. The highest BCUT2D eigenvalue weighted by Crippen LogP contribution is 2.47. The van der Waals surface area contributed by atoms with Crippen molar-refractivity contribution in [3.8, 4) is 11.3 Å². The molecule has 9 heteroatoms. The fourth-order valence-corrected chi connectivity index (χ4v) is 6.40. The number of benzene rings is 2. The van der Waals surface area contributed by atoms with Crippen LogP contribution in [-0.2, 0) is 22.6 Å².